The molecule has 0 spiro atoms. The van der Waals surface area contributed by atoms with E-state index in [9.17, 15) is 4.79 Å². The number of hydrogen-bond acceptors (Lipinski definition) is 4. The average molecular weight is 267 g/mol. The van der Waals surface area contributed by atoms with Gasteiger partial charge in [0.2, 0.25) is 0 Å². The van der Waals surface area contributed by atoms with Crippen molar-refractivity contribution in [3.05, 3.63) is 35.4 Å². The van der Waals surface area contributed by atoms with E-state index in [-0.39, 0.29) is 5.97 Å². The Balaban J connectivity index is 2.49. The lowest BCUT2D eigenvalue weighted by molar-refractivity contribution is 0.0599. The van der Waals surface area contributed by atoms with Crippen LogP contribution >= 0.6 is 11.8 Å². The zero-order valence-electron chi connectivity index (χ0n) is 11.2. The summed E-state index contributed by atoms with van der Waals surface area (Å²) in [6, 6.07) is 7.55. The summed E-state index contributed by atoms with van der Waals surface area (Å²) in [5.41, 5.74) is 1.63. The summed E-state index contributed by atoms with van der Waals surface area (Å²) in [5, 5.41) is 4.03. The van der Waals surface area contributed by atoms with Crippen LogP contribution in [0, 0.1) is 0 Å². The minimum atomic E-state index is -0.273. The molecule has 0 aliphatic carbocycles. The third kappa shape index (κ3) is 4.70. The molecule has 0 amide bonds. The van der Waals surface area contributed by atoms with Crippen molar-refractivity contribution in [3.8, 4) is 0 Å². The SMILES string of the molecule is COC(=O)c1ccccc1CNCCC(C)SC. The summed E-state index contributed by atoms with van der Waals surface area (Å²) >= 11 is 1.87. The van der Waals surface area contributed by atoms with Gasteiger partial charge in [-0.25, -0.2) is 4.79 Å². The standard InChI is InChI=1S/C14H21NO2S/c1-11(18-3)8-9-15-10-12-6-4-5-7-13(12)14(16)17-2/h4-7,11,15H,8-10H2,1-3H3. The van der Waals surface area contributed by atoms with Crippen LogP contribution in [0.5, 0.6) is 0 Å². The molecule has 0 fully saturated rings. The Morgan fingerprint density at radius 1 is 1.44 bits per heavy atom. The van der Waals surface area contributed by atoms with Gasteiger partial charge < -0.3 is 10.1 Å². The van der Waals surface area contributed by atoms with Gasteiger partial charge in [0.15, 0.2) is 0 Å². The molecule has 1 aromatic rings. The molecule has 0 aromatic heterocycles. The molecule has 4 heteroatoms. The van der Waals surface area contributed by atoms with E-state index >= 15 is 0 Å². The van der Waals surface area contributed by atoms with Crippen molar-refractivity contribution in [2.45, 2.75) is 25.1 Å². The lowest BCUT2D eigenvalue weighted by atomic mass is 10.1. The number of hydrogen-bond donors (Lipinski definition) is 1. The van der Waals surface area contributed by atoms with Gasteiger partial charge >= 0.3 is 5.97 Å². The zero-order valence-corrected chi connectivity index (χ0v) is 12.0. The molecule has 1 N–H and O–H groups in total. The topological polar surface area (TPSA) is 38.3 Å². The number of esters is 1. The minimum Gasteiger partial charge on any atom is -0.465 e. The third-order valence-electron chi connectivity index (χ3n) is 2.87. The molecule has 100 valence electrons. The van der Waals surface area contributed by atoms with Crippen LogP contribution in [0.2, 0.25) is 0 Å². The normalized spacial score (nSPS) is 12.2. The molecule has 18 heavy (non-hydrogen) atoms. The zero-order chi connectivity index (χ0) is 13.4. The fraction of sp³-hybridized carbons (Fsp3) is 0.500. The molecular weight excluding hydrogens is 246 g/mol. The summed E-state index contributed by atoms with van der Waals surface area (Å²) in [7, 11) is 1.41. The van der Waals surface area contributed by atoms with Crippen LogP contribution < -0.4 is 5.32 Å². The fourth-order valence-electron chi connectivity index (χ4n) is 1.63. The van der Waals surface area contributed by atoms with E-state index in [1.807, 2.05) is 30.0 Å². The highest BCUT2D eigenvalue weighted by molar-refractivity contribution is 7.99. The largest absolute Gasteiger partial charge is 0.465 e. The maximum absolute atomic E-state index is 11.6. The number of carbonyl (C=O) groups excluding carboxylic acids is 1. The first-order valence-electron chi connectivity index (χ1n) is 6.08. The van der Waals surface area contributed by atoms with Crippen LogP contribution in [0.3, 0.4) is 0 Å². The number of rotatable bonds is 7. The van der Waals surface area contributed by atoms with E-state index in [1.54, 1.807) is 6.07 Å². The second-order valence-corrected chi connectivity index (χ2v) is 5.44. The maximum atomic E-state index is 11.6. The summed E-state index contributed by atoms with van der Waals surface area (Å²) in [4.78, 5) is 11.6. The van der Waals surface area contributed by atoms with Crippen LogP contribution in [-0.2, 0) is 11.3 Å². The van der Waals surface area contributed by atoms with Gasteiger partial charge in [0, 0.05) is 11.8 Å². The Hall–Kier alpha value is -1.00. The highest BCUT2D eigenvalue weighted by Crippen LogP contribution is 2.11. The Labute approximate surface area is 113 Å². The van der Waals surface area contributed by atoms with Crippen molar-refractivity contribution in [2.24, 2.45) is 0 Å². The van der Waals surface area contributed by atoms with Crippen molar-refractivity contribution in [1.82, 2.24) is 5.32 Å². The molecule has 1 unspecified atom stereocenters. The van der Waals surface area contributed by atoms with E-state index in [4.69, 9.17) is 4.74 Å². The Kier molecular flexibility index (Phi) is 6.83. The van der Waals surface area contributed by atoms with E-state index in [2.05, 4.69) is 18.5 Å². The quantitative estimate of drug-likeness (QED) is 0.609. The summed E-state index contributed by atoms with van der Waals surface area (Å²) in [6.07, 6.45) is 3.25. The molecule has 0 radical (unpaired) electrons. The van der Waals surface area contributed by atoms with Gasteiger partial charge in [0.25, 0.3) is 0 Å². The highest BCUT2D eigenvalue weighted by Gasteiger charge is 2.10. The van der Waals surface area contributed by atoms with Gasteiger partial charge in [-0.1, -0.05) is 25.1 Å². The van der Waals surface area contributed by atoms with Gasteiger partial charge in [0.1, 0.15) is 0 Å². The van der Waals surface area contributed by atoms with Gasteiger partial charge in [-0.2, -0.15) is 11.8 Å². The molecule has 0 saturated carbocycles. The van der Waals surface area contributed by atoms with Crippen molar-refractivity contribution in [2.75, 3.05) is 19.9 Å². The summed E-state index contributed by atoms with van der Waals surface area (Å²) < 4.78 is 4.77. The van der Waals surface area contributed by atoms with Crippen molar-refractivity contribution < 1.29 is 9.53 Å². The Bertz CT molecular complexity index is 382. The highest BCUT2D eigenvalue weighted by atomic mass is 32.2. The lowest BCUT2D eigenvalue weighted by Crippen LogP contribution is -2.19. The summed E-state index contributed by atoms with van der Waals surface area (Å²) in [5.74, 6) is -0.273. The molecule has 0 saturated heterocycles. The summed E-state index contributed by atoms with van der Waals surface area (Å²) in [6.45, 7) is 3.87. The second-order valence-electron chi connectivity index (χ2n) is 4.16. The number of carbonyl (C=O) groups is 1. The molecule has 1 atom stereocenters. The monoisotopic (exact) mass is 267 g/mol. The van der Waals surface area contributed by atoms with Crippen LogP contribution in [-0.4, -0.2) is 31.1 Å². The fourth-order valence-corrected chi connectivity index (χ4v) is 1.98. The Morgan fingerprint density at radius 3 is 2.83 bits per heavy atom. The molecule has 0 aliphatic heterocycles. The molecule has 1 aromatic carbocycles. The average Bonchev–Trinajstić information content (AvgIpc) is 2.42. The third-order valence-corrected chi connectivity index (χ3v) is 3.91. The predicted octanol–water partition coefficient (Wildman–Crippen LogP) is 2.70. The molecule has 1 rings (SSSR count). The number of benzene rings is 1. The number of ether oxygens (including phenoxy) is 1. The first-order valence-corrected chi connectivity index (χ1v) is 7.37. The van der Waals surface area contributed by atoms with E-state index in [1.165, 1.54) is 7.11 Å². The van der Waals surface area contributed by atoms with Gasteiger partial charge in [0.05, 0.1) is 12.7 Å². The van der Waals surface area contributed by atoms with Crippen molar-refractivity contribution >= 4 is 17.7 Å². The molecular formula is C14H21NO2S. The molecule has 0 aliphatic rings. The Morgan fingerprint density at radius 2 is 2.17 bits per heavy atom. The van der Waals surface area contributed by atoms with Crippen LogP contribution in [0.15, 0.2) is 24.3 Å². The van der Waals surface area contributed by atoms with Crippen LogP contribution in [0.25, 0.3) is 0 Å². The van der Waals surface area contributed by atoms with E-state index in [0.29, 0.717) is 17.4 Å². The lowest BCUT2D eigenvalue weighted by Gasteiger charge is -2.11. The van der Waals surface area contributed by atoms with Crippen molar-refractivity contribution in [3.63, 3.8) is 0 Å². The van der Waals surface area contributed by atoms with Crippen molar-refractivity contribution in [1.29, 1.82) is 0 Å². The number of nitrogens with one attached hydrogen (secondary N) is 1. The first kappa shape index (κ1) is 15.1. The number of thioether (sulfide) groups is 1. The van der Waals surface area contributed by atoms with Crippen LogP contribution in [0.4, 0.5) is 0 Å². The molecule has 3 nitrogen and oxygen atoms in total. The second kappa shape index (κ2) is 8.16. The predicted molar refractivity (Wildman–Crippen MR) is 77.1 cm³/mol. The van der Waals surface area contributed by atoms with E-state index in [0.717, 1.165) is 18.5 Å². The molecule has 0 bridgehead atoms. The smallest absolute Gasteiger partial charge is 0.338 e. The van der Waals surface area contributed by atoms with Gasteiger partial charge in [-0.05, 0) is 30.9 Å². The maximum Gasteiger partial charge on any atom is 0.338 e. The van der Waals surface area contributed by atoms with Crippen LogP contribution in [0.1, 0.15) is 29.3 Å². The minimum absolute atomic E-state index is 0.273. The van der Waals surface area contributed by atoms with E-state index < -0.39 is 0 Å². The first-order chi connectivity index (χ1) is 8.69. The number of methoxy groups -OCH3 is 1. The van der Waals surface area contributed by atoms with Gasteiger partial charge in [-0.15, -0.1) is 0 Å². The molecule has 0 heterocycles. The van der Waals surface area contributed by atoms with Gasteiger partial charge in [-0.3, -0.25) is 0 Å².